The Hall–Kier alpha value is -2.60. The quantitative estimate of drug-likeness (QED) is 0.738. The first-order valence-electron chi connectivity index (χ1n) is 8.44. The van der Waals surface area contributed by atoms with Crippen molar-refractivity contribution in [3.8, 4) is 0 Å². The summed E-state index contributed by atoms with van der Waals surface area (Å²) in [5.41, 5.74) is 2.62. The highest BCUT2D eigenvalue weighted by atomic mass is 32.2. The molecule has 1 N–H and O–H groups in total. The van der Waals surface area contributed by atoms with Gasteiger partial charge in [0.25, 0.3) is 10.0 Å². The Bertz CT molecular complexity index is 970. The molecule has 1 heterocycles. The molecule has 0 aliphatic heterocycles. The van der Waals surface area contributed by atoms with Crippen LogP contribution in [0.2, 0.25) is 0 Å². The smallest absolute Gasteiger partial charge is 0.261 e. The summed E-state index contributed by atoms with van der Waals surface area (Å²) in [6, 6.07) is 16.9. The molecule has 0 saturated heterocycles. The molecule has 5 nitrogen and oxygen atoms in total. The van der Waals surface area contributed by atoms with Crippen LogP contribution in [0.15, 0.2) is 71.9 Å². The van der Waals surface area contributed by atoms with E-state index in [2.05, 4.69) is 30.6 Å². The highest BCUT2D eigenvalue weighted by Gasteiger charge is 2.18. The van der Waals surface area contributed by atoms with Crippen LogP contribution in [0.25, 0.3) is 0 Å². The summed E-state index contributed by atoms with van der Waals surface area (Å²) < 4.78 is 29.5. The van der Waals surface area contributed by atoms with E-state index < -0.39 is 10.0 Å². The second-order valence-corrected chi connectivity index (χ2v) is 8.97. The predicted octanol–water partition coefficient (Wildman–Crippen LogP) is 4.03. The molecule has 3 aromatic rings. The third-order valence-electron chi connectivity index (χ3n) is 4.10. The highest BCUT2D eigenvalue weighted by molar-refractivity contribution is 7.92. The predicted molar refractivity (Wildman–Crippen MR) is 104 cm³/mol. The number of anilines is 1. The summed E-state index contributed by atoms with van der Waals surface area (Å²) in [5.74, 6) is 0. The zero-order valence-electron chi connectivity index (χ0n) is 15.2. The monoisotopic (exact) mass is 369 g/mol. The van der Waals surface area contributed by atoms with Crippen LogP contribution in [-0.2, 0) is 22.0 Å². The molecule has 1 aromatic heterocycles. The standard InChI is InChI=1S/C20H23N3O2S/c1-20(2,3)17-9-11-19(12-10-17)26(24,25)22-18-13-21-23(15-18)14-16-7-5-4-6-8-16/h4-13,15,22H,14H2,1-3H3. The molecule has 6 heteroatoms. The fourth-order valence-electron chi connectivity index (χ4n) is 2.62. The Morgan fingerprint density at radius 1 is 1.00 bits per heavy atom. The van der Waals surface area contributed by atoms with Crippen molar-refractivity contribution in [2.45, 2.75) is 37.6 Å². The minimum Gasteiger partial charge on any atom is -0.276 e. The summed E-state index contributed by atoms with van der Waals surface area (Å²) in [4.78, 5) is 0.237. The largest absolute Gasteiger partial charge is 0.276 e. The normalized spacial score (nSPS) is 12.1. The van der Waals surface area contributed by atoms with E-state index in [-0.39, 0.29) is 10.3 Å². The number of hydrogen-bond donors (Lipinski definition) is 1. The lowest BCUT2D eigenvalue weighted by atomic mass is 9.87. The fraction of sp³-hybridized carbons (Fsp3) is 0.250. The van der Waals surface area contributed by atoms with Crippen LogP contribution < -0.4 is 4.72 Å². The van der Waals surface area contributed by atoms with Gasteiger partial charge in [0.05, 0.1) is 23.3 Å². The van der Waals surface area contributed by atoms with E-state index in [1.54, 1.807) is 23.0 Å². The molecule has 0 atom stereocenters. The van der Waals surface area contributed by atoms with Gasteiger partial charge in [-0.1, -0.05) is 63.2 Å². The molecule has 0 radical (unpaired) electrons. The van der Waals surface area contributed by atoms with Crippen molar-refractivity contribution in [1.29, 1.82) is 0 Å². The first-order chi connectivity index (χ1) is 12.2. The van der Waals surface area contributed by atoms with E-state index in [9.17, 15) is 8.42 Å². The number of rotatable bonds is 5. The summed E-state index contributed by atoms with van der Waals surface area (Å²) in [6.07, 6.45) is 3.21. The van der Waals surface area contributed by atoms with Crippen LogP contribution in [0.1, 0.15) is 31.9 Å². The van der Waals surface area contributed by atoms with Gasteiger partial charge in [-0.05, 0) is 28.7 Å². The average Bonchev–Trinajstić information content (AvgIpc) is 3.01. The van der Waals surface area contributed by atoms with Crippen molar-refractivity contribution in [1.82, 2.24) is 9.78 Å². The maximum Gasteiger partial charge on any atom is 0.261 e. The van der Waals surface area contributed by atoms with Gasteiger partial charge in [0.2, 0.25) is 0 Å². The molecule has 2 aromatic carbocycles. The first kappa shape index (κ1) is 18.2. The molecule has 136 valence electrons. The third-order valence-corrected chi connectivity index (χ3v) is 5.50. The molecule has 0 fully saturated rings. The number of hydrogen-bond acceptors (Lipinski definition) is 3. The molecule has 0 saturated carbocycles. The van der Waals surface area contributed by atoms with Gasteiger partial charge >= 0.3 is 0 Å². The molecule has 3 rings (SSSR count). The summed E-state index contributed by atoms with van der Waals surface area (Å²) >= 11 is 0. The van der Waals surface area contributed by atoms with Gasteiger partial charge in [0, 0.05) is 6.20 Å². The van der Waals surface area contributed by atoms with Gasteiger partial charge in [0.15, 0.2) is 0 Å². The first-order valence-corrected chi connectivity index (χ1v) is 9.92. The lowest BCUT2D eigenvalue weighted by molar-refractivity contribution is 0.587. The zero-order valence-corrected chi connectivity index (χ0v) is 16.0. The number of nitrogens with one attached hydrogen (secondary N) is 1. The molecular formula is C20H23N3O2S. The van der Waals surface area contributed by atoms with Crippen LogP contribution >= 0.6 is 0 Å². The van der Waals surface area contributed by atoms with E-state index in [1.165, 1.54) is 6.20 Å². The minimum absolute atomic E-state index is 0.0195. The summed E-state index contributed by atoms with van der Waals surface area (Å²) in [6.45, 7) is 6.87. The van der Waals surface area contributed by atoms with E-state index in [0.717, 1.165) is 11.1 Å². The molecule has 0 spiro atoms. The van der Waals surface area contributed by atoms with Crippen molar-refractivity contribution in [3.63, 3.8) is 0 Å². The zero-order chi connectivity index (χ0) is 18.8. The Balaban J connectivity index is 1.74. The lowest BCUT2D eigenvalue weighted by Gasteiger charge is -2.19. The Morgan fingerprint density at radius 2 is 1.65 bits per heavy atom. The fourth-order valence-corrected chi connectivity index (χ4v) is 3.65. The average molecular weight is 369 g/mol. The maximum absolute atomic E-state index is 12.6. The van der Waals surface area contributed by atoms with Gasteiger partial charge < -0.3 is 0 Å². The lowest BCUT2D eigenvalue weighted by Crippen LogP contribution is -2.14. The molecule has 0 aliphatic rings. The molecule has 0 unspecified atom stereocenters. The number of nitrogens with zero attached hydrogens (tertiary/aromatic N) is 2. The maximum atomic E-state index is 12.6. The molecule has 0 amide bonds. The van der Waals surface area contributed by atoms with Crippen molar-refractivity contribution in [2.24, 2.45) is 0 Å². The van der Waals surface area contributed by atoms with Gasteiger partial charge in [0.1, 0.15) is 0 Å². The van der Waals surface area contributed by atoms with Gasteiger partial charge in [-0.25, -0.2) is 8.42 Å². The number of aromatic nitrogens is 2. The Morgan fingerprint density at radius 3 is 2.27 bits per heavy atom. The van der Waals surface area contributed by atoms with Gasteiger partial charge in [-0.3, -0.25) is 9.40 Å². The van der Waals surface area contributed by atoms with Gasteiger partial charge in [-0.2, -0.15) is 5.10 Å². The van der Waals surface area contributed by atoms with Crippen molar-refractivity contribution >= 4 is 15.7 Å². The van der Waals surface area contributed by atoms with Crippen molar-refractivity contribution in [3.05, 3.63) is 78.1 Å². The van der Waals surface area contributed by atoms with Crippen LogP contribution in [0.3, 0.4) is 0 Å². The molecule has 26 heavy (non-hydrogen) atoms. The van der Waals surface area contributed by atoms with E-state index >= 15 is 0 Å². The van der Waals surface area contributed by atoms with Crippen molar-refractivity contribution in [2.75, 3.05) is 4.72 Å². The van der Waals surface area contributed by atoms with Crippen LogP contribution in [0, 0.1) is 0 Å². The van der Waals surface area contributed by atoms with Crippen LogP contribution in [-0.4, -0.2) is 18.2 Å². The summed E-state index contributed by atoms with van der Waals surface area (Å²) in [5, 5.41) is 4.23. The molecular weight excluding hydrogens is 346 g/mol. The Labute approximate surface area is 154 Å². The second kappa shape index (κ2) is 6.96. The SMILES string of the molecule is CC(C)(C)c1ccc(S(=O)(=O)Nc2cnn(Cc3ccccc3)c2)cc1. The number of sulfonamides is 1. The number of benzene rings is 2. The van der Waals surface area contributed by atoms with Gasteiger partial charge in [-0.15, -0.1) is 0 Å². The second-order valence-electron chi connectivity index (χ2n) is 7.29. The van der Waals surface area contributed by atoms with Crippen LogP contribution in [0.5, 0.6) is 0 Å². The van der Waals surface area contributed by atoms with E-state index in [1.807, 2.05) is 42.5 Å². The Kier molecular flexibility index (Phi) is 4.87. The minimum atomic E-state index is -3.64. The highest BCUT2D eigenvalue weighted by Crippen LogP contribution is 2.24. The van der Waals surface area contributed by atoms with E-state index in [0.29, 0.717) is 12.2 Å². The molecule has 0 aliphatic carbocycles. The topological polar surface area (TPSA) is 64.0 Å². The molecule has 0 bridgehead atoms. The van der Waals surface area contributed by atoms with Crippen LogP contribution in [0.4, 0.5) is 5.69 Å². The third kappa shape index (κ3) is 4.32. The van der Waals surface area contributed by atoms with Crippen molar-refractivity contribution < 1.29 is 8.42 Å². The van der Waals surface area contributed by atoms with E-state index in [4.69, 9.17) is 0 Å². The summed E-state index contributed by atoms with van der Waals surface area (Å²) in [7, 11) is -3.64.